The number of hydrogen-bond acceptors (Lipinski definition) is 6. The Balaban J connectivity index is 2.40. The lowest BCUT2D eigenvalue weighted by Gasteiger charge is -2.21. The summed E-state index contributed by atoms with van der Waals surface area (Å²) >= 11 is 0. The molecule has 0 radical (unpaired) electrons. The fraction of sp³-hybridized carbons (Fsp3) is 0.385. The molecule has 0 saturated carbocycles. The lowest BCUT2D eigenvalue weighted by atomic mass is 10.0. The molecule has 6 heteroatoms. The van der Waals surface area contributed by atoms with E-state index >= 15 is 0 Å². The Labute approximate surface area is 110 Å². The molecule has 0 saturated heterocycles. The van der Waals surface area contributed by atoms with Crippen molar-refractivity contribution in [3.63, 3.8) is 0 Å². The molecule has 0 fully saturated rings. The van der Waals surface area contributed by atoms with Gasteiger partial charge in [0.25, 0.3) is 5.89 Å². The fourth-order valence-corrected chi connectivity index (χ4v) is 1.67. The Morgan fingerprint density at radius 2 is 1.89 bits per heavy atom. The standard InChI is InChI=1S/C13H16N2O4/c1-4-13(2,18-3)12-14-11(19-15-12)8-5-9(16)7-10(17)6-8/h5-7,16-17H,4H2,1-3H3. The molecule has 0 spiro atoms. The van der Waals surface area contributed by atoms with Crippen molar-refractivity contribution in [2.45, 2.75) is 25.9 Å². The van der Waals surface area contributed by atoms with Crippen molar-refractivity contribution in [1.29, 1.82) is 0 Å². The maximum atomic E-state index is 9.44. The third-order valence-corrected chi connectivity index (χ3v) is 3.17. The van der Waals surface area contributed by atoms with E-state index < -0.39 is 5.60 Å². The van der Waals surface area contributed by atoms with Gasteiger partial charge in [-0.3, -0.25) is 0 Å². The molecule has 102 valence electrons. The minimum absolute atomic E-state index is 0.0697. The lowest BCUT2D eigenvalue weighted by molar-refractivity contribution is -0.0106. The largest absolute Gasteiger partial charge is 0.508 e. The van der Waals surface area contributed by atoms with Crippen LogP contribution >= 0.6 is 0 Å². The summed E-state index contributed by atoms with van der Waals surface area (Å²) in [5.74, 6) is 0.507. The van der Waals surface area contributed by atoms with Gasteiger partial charge in [0.2, 0.25) is 5.82 Å². The second-order valence-corrected chi connectivity index (χ2v) is 4.45. The summed E-state index contributed by atoms with van der Waals surface area (Å²) in [5, 5.41) is 22.8. The third kappa shape index (κ3) is 2.53. The van der Waals surface area contributed by atoms with Gasteiger partial charge in [-0.15, -0.1) is 0 Å². The average molecular weight is 264 g/mol. The number of benzene rings is 1. The lowest BCUT2D eigenvalue weighted by Crippen LogP contribution is -2.24. The SMILES string of the molecule is CCC(C)(OC)c1noc(-c2cc(O)cc(O)c2)n1. The minimum Gasteiger partial charge on any atom is -0.508 e. The van der Waals surface area contributed by atoms with Crippen molar-refractivity contribution in [2.75, 3.05) is 7.11 Å². The summed E-state index contributed by atoms with van der Waals surface area (Å²) in [5.41, 5.74) is -0.175. The number of ether oxygens (including phenoxy) is 1. The van der Waals surface area contributed by atoms with Gasteiger partial charge in [-0.2, -0.15) is 4.98 Å². The van der Waals surface area contributed by atoms with E-state index in [2.05, 4.69) is 10.1 Å². The van der Waals surface area contributed by atoms with Crippen LogP contribution in [0.3, 0.4) is 0 Å². The first-order chi connectivity index (χ1) is 8.98. The van der Waals surface area contributed by atoms with Crippen LogP contribution in [-0.2, 0) is 10.3 Å². The van der Waals surface area contributed by atoms with Crippen molar-refractivity contribution in [2.24, 2.45) is 0 Å². The Morgan fingerprint density at radius 1 is 1.26 bits per heavy atom. The van der Waals surface area contributed by atoms with E-state index in [1.165, 1.54) is 18.2 Å². The van der Waals surface area contributed by atoms with Crippen LogP contribution in [0.5, 0.6) is 11.5 Å². The van der Waals surface area contributed by atoms with Crippen LogP contribution in [-0.4, -0.2) is 27.5 Å². The molecule has 1 atom stereocenters. The average Bonchev–Trinajstić information content (AvgIpc) is 2.87. The van der Waals surface area contributed by atoms with Gasteiger partial charge in [0.05, 0.1) is 0 Å². The zero-order chi connectivity index (χ0) is 14.0. The maximum Gasteiger partial charge on any atom is 0.258 e. The quantitative estimate of drug-likeness (QED) is 0.881. The third-order valence-electron chi connectivity index (χ3n) is 3.17. The van der Waals surface area contributed by atoms with E-state index in [4.69, 9.17) is 9.26 Å². The van der Waals surface area contributed by atoms with E-state index in [9.17, 15) is 10.2 Å². The second kappa shape index (κ2) is 4.89. The Kier molecular flexibility index (Phi) is 3.44. The first-order valence-corrected chi connectivity index (χ1v) is 5.91. The molecule has 0 amide bonds. The minimum atomic E-state index is -0.624. The molecule has 0 aliphatic heterocycles. The van der Waals surface area contributed by atoms with E-state index in [1.54, 1.807) is 7.11 Å². The molecule has 1 unspecified atom stereocenters. The molecule has 1 heterocycles. The Hall–Kier alpha value is -2.08. The first-order valence-electron chi connectivity index (χ1n) is 5.91. The Bertz CT molecular complexity index is 556. The van der Waals surface area contributed by atoms with Gasteiger partial charge in [0, 0.05) is 18.7 Å². The molecule has 0 aliphatic rings. The summed E-state index contributed by atoms with van der Waals surface area (Å²) < 4.78 is 10.5. The molecular weight excluding hydrogens is 248 g/mol. The van der Waals surface area contributed by atoms with Crippen LogP contribution in [0.25, 0.3) is 11.5 Å². The van der Waals surface area contributed by atoms with Crippen molar-refractivity contribution in [3.8, 4) is 23.0 Å². The highest BCUT2D eigenvalue weighted by molar-refractivity contribution is 5.58. The topological polar surface area (TPSA) is 88.6 Å². The number of methoxy groups -OCH3 is 1. The van der Waals surface area contributed by atoms with Gasteiger partial charge in [0.15, 0.2) is 0 Å². The zero-order valence-electron chi connectivity index (χ0n) is 11.0. The van der Waals surface area contributed by atoms with Crippen LogP contribution in [0.4, 0.5) is 0 Å². The summed E-state index contributed by atoms with van der Waals surface area (Å²) in [4.78, 5) is 4.25. The number of nitrogens with zero attached hydrogens (tertiary/aromatic N) is 2. The van der Waals surface area contributed by atoms with E-state index in [-0.39, 0.29) is 17.4 Å². The van der Waals surface area contributed by atoms with Crippen molar-refractivity contribution >= 4 is 0 Å². The van der Waals surface area contributed by atoms with Gasteiger partial charge in [-0.1, -0.05) is 12.1 Å². The van der Waals surface area contributed by atoms with Gasteiger partial charge in [-0.05, 0) is 25.5 Å². The van der Waals surface area contributed by atoms with Crippen LogP contribution in [0.15, 0.2) is 22.7 Å². The molecule has 6 nitrogen and oxygen atoms in total. The molecule has 0 bridgehead atoms. The number of hydrogen-bond donors (Lipinski definition) is 2. The second-order valence-electron chi connectivity index (χ2n) is 4.45. The normalized spacial score (nSPS) is 14.3. The van der Waals surface area contributed by atoms with E-state index in [1.807, 2.05) is 13.8 Å². The monoisotopic (exact) mass is 264 g/mol. The smallest absolute Gasteiger partial charge is 0.258 e. The van der Waals surface area contributed by atoms with Gasteiger partial charge >= 0.3 is 0 Å². The van der Waals surface area contributed by atoms with Crippen LogP contribution < -0.4 is 0 Å². The van der Waals surface area contributed by atoms with E-state index in [0.717, 1.165) is 0 Å². The van der Waals surface area contributed by atoms with Crippen LogP contribution in [0.1, 0.15) is 26.1 Å². The molecule has 2 rings (SSSR count). The van der Waals surface area contributed by atoms with Crippen molar-refractivity contribution < 1.29 is 19.5 Å². The van der Waals surface area contributed by atoms with Crippen molar-refractivity contribution in [1.82, 2.24) is 10.1 Å². The summed E-state index contributed by atoms with van der Waals surface area (Å²) in [7, 11) is 1.58. The summed E-state index contributed by atoms with van der Waals surface area (Å²) in [6.45, 7) is 3.82. The first kappa shape index (κ1) is 13.4. The molecule has 1 aromatic heterocycles. The maximum absolute atomic E-state index is 9.44. The fourth-order valence-electron chi connectivity index (χ4n) is 1.67. The van der Waals surface area contributed by atoms with Crippen LogP contribution in [0.2, 0.25) is 0 Å². The highest BCUT2D eigenvalue weighted by Gasteiger charge is 2.30. The van der Waals surface area contributed by atoms with Gasteiger partial charge < -0.3 is 19.5 Å². The van der Waals surface area contributed by atoms with Gasteiger partial charge in [0.1, 0.15) is 17.1 Å². The summed E-state index contributed by atoms with van der Waals surface area (Å²) in [6, 6.07) is 4.10. The number of aromatic hydroxyl groups is 2. The molecule has 1 aromatic carbocycles. The van der Waals surface area contributed by atoms with E-state index in [0.29, 0.717) is 17.8 Å². The zero-order valence-corrected chi connectivity index (χ0v) is 11.0. The number of rotatable bonds is 4. The molecule has 2 N–H and O–H groups in total. The number of phenolic OH excluding ortho intramolecular Hbond substituents is 2. The molecule has 2 aromatic rings. The molecule has 19 heavy (non-hydrogen) atoms. The predicted molar refractivity (Wildman–Crippen MR) is 67.7 cm³/mol. The predicted octanol–water partition coefficient (Wildman–Crippen LogP) is 2.42. The van der Waals surface area contributed by atoms with Crippen molar-refractivity contribution in [3.05, 3.63) is 24.0 Å². The highest BCUT2D eigenvalue weighted by atomic mass is 16.5. The number of phenols is 2. The highest BCUT2D eigenvalue weighted by Crippen LogP contribution is 2.31. The van der Waals surface area contributed by atoms with Gasteiger partial charge in [-0.25, -0.2) is 0 Å². The Morgan fingerprint density at radius 3 is 2.42 bits per heavy atom. The molecule has 0 aliphatic carbocycles. The molecular formula is C13H16N2O4. The number of aromatic nitrogens is 2. The summed E-state index contributed by atoms with van der Waals surface area (Å²) in [6.07, 6.45) is 0.688. The van der Waals surface area contributed by atoms with Crippen LogP contribution in [0, 0.1) is 0 Å².